The summed E-state index contributed by atoms with van der Waals surface area (Å²) in [5.41, 5.74) is 16.6. The molecule has 274 valence electrons. The topological polar surface area (TPSA) is 8.17 Å². The zero-order valence-corrected chi connectivity index (χ0v) is 32.5. The van der Waals surface area contributed by atoms with E-state index in [9.17, 15) is 0 Å². The van der Waals surface area contributed by atoms with Crippen molar-refractivity contribution >= 4 is 60.2 Å². The number of aromatic nitrogens is 1. The Morgan fingerprint density at radius 1 is 0.466 bits per heavy atom. The standard InChI is InChI=1S/C56H40N2/c1-35-31-52(36(2)56-53(35)48-23-11-13-26-51(48)58(56)50-25-12-10-21-44(50)38-16-4-3-5-17-38)57(42-28-27-37-15-6-7-18-39(37)33-42)43-29-30-47-49(34-43)46-24-14-20-41-32-40-19-8-9-22-45(40)55(47)54(41)46/h3-34,36,52H,1-2H3/t36-,52?/m1/s1. The molecule has 2 aliphatic rings. The second-order valence-electron chi connectivity index (χ2n) is 16.1. The number of para-hydroxylation sites is 2. The molecule has 0 aliphatic heterocycles. The number of allylic oxidation sites excluding steroid dienone is 1. The van der Waals surface area contributed by atoms with Crippen LogP contribution in [0, 0.1) is 0 Å². The van der Waals surface area contributed by atoms with Crippen molar-refractivity contribution in [2.24, 2.45) is 0 Å². The van der Waals surface area contributed by atoms with Crippen LogP contribution in [0.2, 0.25) is 0 Å². The molecule has 2 atom stereocenters. The van der Waals surface area contributed by atoms with Gasteiger partial charge in [-0.05, 0) is 115 Å². The molecule has 2 heteroatoms. The third-order valence-corrected chi connectivity index (χ3v) is 12.9. The third kappa shape index (κ3) is 4.79. The fraction of sp³-hybridized carbons (Fsp3) is 0.0714. The van der Waals surface area contributed by atoms with Crippen molar-refractivity contribution in [2.45, 2.75) is 25.8 Å². The molecule has 58 heavy (non-hydrogen) atoms. The van der Waals surface area contributed by atoms with Crippen LogP contribution in [-0.4, -0.2) is 10.6 Å². The largest absolute Gasteiger partial charge is 0.334 e. The smallest absolute Gasteiger partial charge is 0.0608 e. The van der Waals surface area contributed by atoms with Gasteiger partial charge in [0, 0.05) is 39.5 Å². The number of nitrogens with zero attached hydrogens (tertiary/aromatic N) is 2. The van der Waals surface area contributed by atoms with E-state index in [4.69, 9.17) is 0 Å². The molecule has 12 rings (SSSR count). The third-order valence-electron chi connectivity index (χ3n) is 12.9. The lowest BCUT2D eigenvalue weighted by molar-refractivity contribution is 0.613. The summed E-state index contributed by atoms with van der Waals surface area (Å²) in [6, 6.07) is 69.8. The van der Waals surface area contributed by atoms with Crippen molar-refractivity contribution in [3.63, 3.8) is 0 Å². The highest BCUT2D eigenvalue weighted by atomic mass is 15.2. The van der Waals surface area contributed by atoms with Gasteiger partial charge in [-0.1, -0.05) is 159 Å². The van der Waals surface area contributed by atoms with Crippen molar-refractivity contribution in [1.82, 2.24) is 4.57 Å². The first-order chi connectivity index (χ1) is 28.6. The highest BCUT2D eigenvalue weighted by molar-refractivity contribution is 6.24. The minimum atomic E-state index is 0.0269. The number of benzene rings is 9. The zero-order valence-electron chi connectivity index (χ0n) is 32.5. The van der Waals surface area contributed by atoms with E-state index in [2.05, 4.69) is 217 Å². The van der Waals surface area contributed by atoms with Gasteiger partial charge in [-0.25, -0.2) is 0 Å². The first kappa shape index (κ1) is 33.0. The van der Waals surface area contributed by atoms with Crippen molar-refractivity contribution in [2.75, 3.05) is 4.90 Å². The molecule has 0 N–H and O–H groups in total. The number of fused-ring (bicyclic) bond motifs is 9. The van der Waals surface area contributed by atoms with Crippen LogP contribution >= 0.6 is 0 Å². The number of anilines is 2. The fourth-order valence-electron chi connectivity index (χ4n) is 10.4. The number of rotatable bonds is 5. The molecule has 0 saturated carbocycles. The van der Waals surface area contributed by atoms with Crippen LogP contribution in [0.15, 0.2) is 194 Å². The monoisotopic (exact) mass is 740 g/mol. The van der Waals surface area contributed by atoms with E-state index in [0.29, 0.717) is 0 Å². The number of hydrogen-bond donors (Lipinski definition) is 0. The minimum absolute atomic E-state index is 0.0269. The van der Waals surface area contributed by atoms with Gasteiger partial charge in [0.2, 0.25) is 0 Å². The van der Waals surface area contributed by atoms with Crippen LogP contribution in [0.5, 0.6) is 0 Å². The summed E-state index contributed by atoms with van der Waals surface area (Å²) in [6.45, 7) is 4.76. The van der Waals surface area contributed by atoms with E-state index in [-0.39, 0.29) is 12.0 Å². The predicted molar refractivity (Wildman–Crippen MR) is 247 cm³/mol. The Bertz CT molecular complexity index is 3330. The summed E-state index contributed by atoms with van der Waals surface area (Å²) in [5.74, 6) is 0.124. The summed E-state index contributed by atoms with van der Waals surface area (Å²) in [6.07, 6.45) is 2.54. The molecule has 9 aromatic carbocycles. The quantitative estimate of drug-likeness (QED) is 0.160. The summed E-state index contributed by atoms with van der Waals surface area (Å²) in [7, 11) is 0. The molecule has 0 amide bonds. The lowest BCUT2D eigenvalue weighted by atomic mass is 9.83. The van der Waals surface area contributed by atoms with E-state index >= 15 is 0 Å². The molecule has 1 heterocycles. The van der Waals surface area contributed by atoms with E-state index in [1.807, 2.05) is 0 Å². The maximum Gasteiger partial charge on any atom is 0.0608 e. The summed E-state index contributed by atoms with van der Waals surface area (Å²) in [5, 5.41) is 9.05. The van der Waals surface area contributed by atoms with Gasteiger partial charge in [0.25, 0.3) is 0 Å². The minimum Gasteiger partial charge on any atom is -0.334 e. The Labute approximate surface area is 338 Å². The molecule has 10 aromatic rings. The molecular weight excluding hydrogens is 701 g/mol. The van der Waals surface area contributed by atoms with Crippen molar-refractivity contribution in [3.05, 3.63) is 205 Å². The first-order valence-corrected chi connectivity index (χ1v) is 20.5. The van der Waals surface area contributed by atoms with Gasteiger partial charge in [-0.2, -0.15) is 0 Å². The molecule has 2 aliphatic carbocycles. The molecule has 2 nitrogen and oxygen atoms in total. The Balaban J connectivity index is 1.09. The Kier molecular flexibility index (Phi) is 7.22. The van der Waals surface area contributed by atoms with Gasteiger partial charge in [0.05, 0.1) is 17.2 Å². The SMILES string of the molecule is CC1=CC(N(c2ccc3c(c2)-c2cccc4cc5ccccc5c-3c24)c2ccc3ccccc3c2)[C@@H](C)c2c1c1ccccc1n2-c1ccccc1-c1ccccc1. The van der Waals surface area contributed by atoms with Gasteiger partial charge in [0.15, 0.2) is 0 Å². The molecule has 1 unspecified atom stereocenters. The van der Waals surface area contributed by atoms with Crippen molar-refractivity contribution in [1.29, 1.82) is 0 Å². The van der Waals surface area contributed by atoms with Gasteiger partial charge in [0.1, 0.15) is 0 Å². The maximum absolute atomic E-state index is 2.62. The zero-order chi connectivity index (χ0) is 38.5. The van der Waals surface area contributed by atoms with Gasteiger partial charge < -0.3 is 9.47 Å². The van der Waals surface area contributed by atoms with Gasteiger partial charge in [-0.3, -0.25) is 0 Å². The fourth-order valence-corrected chi connectivity index (χ4v) is 10.4. The van der Waals surface area contributed by atoms with E-state index in [1.54, 1.807) is 0 Å². The molecule has 0 saturated heterocycles. The summed E-state index contributed by atoms with van der Waals surface area (Å²) in [4.78, 5) is 2.62. The molecule has 0 fully saturated rings. The summed E-state index contributed by atoms with van der Waals surface area (Å²) >= 11 is 0. The molecule has 0 radical (unpaired) electrons. The average Bonchev–Trinajstić information content (AvgIpc) is 3.81. The lowest BCUT2D eigenvalue weighted by Gasteiger charge is -2.40. The van der Waals surface area contributed by atoms with Crippen LogP contribution in [0.3, 0.4) is 0 Å². The Morgan fingerprint density at radius 2 is 1.14 bits per heavy atom. The molecular formula is C56H40N2. The molecule has 0 bridgehead atoms. The van der Waals surface area contributed by atoms with E-state index < -0.39 is 0 Å². The van der Waals surface area contributed by atoms with Crippen LogP contribution in [-0.2, 0) is 0 Å². The van der Waals surface area contributed by atoms with Gasteiger partial charge in [-0.15, -0.1) is 0 Å². The first-order valence-electron chi connectivity index (χ1n) is 20.5. The molecule has 1 aromatic heterocycles. The van der Waals surface area contributed by atoms with Crippen LogP contribution in [0.1, 0.15) is 31.0 Å². The predicted octanol–water partition coefficient (Wildman–Crippen LogP) is 15.1. The van der Waals surface area contributed by atoms with E-state index in [0.717, 1.165) is 0 Å². The van der Waals surface area contributed by atoms with Crippen molar-refractivity contribution in [3.8, 4) is 39.1 Å². The second kappa shape index (κ2) is 12.7. The average molecular weight is 741 g/mol. The summed E-state index contributed by atoms with van der Waals surface area (Å²) < 4.78 is 2.57. The maximum atomic E-state index is 2.62. The highest BCUT2D eigenvalue weighted by Crippen LogP contribution is 2.53. The Morgan fingerprint density at radius 3 is 2.02 bits per heavy atom. The van der Waals surface area contributed by atoms with E-state index in [1.165, 1.54) is 110 Å². The van der Waals surface area contributed by atoms with Crippen LogP contribution in [0.25, 0.3) is 87.9 Å². The van der Waals surface area contributed by atoms with Crippen LogP contribution < -0.4 is 4.90 Å². The highest BCUT2D eigenvalue weighted by Gasteiger charge is 2.37. The normalized spacial score (nSPS) is 15.5. The van der Waals surface area contributed by atoms with Gasteiger partial charge >= 0.3 is 0 Å². The lowest BCUT2D eigenvalue weighted by Crippen LogP contribution is -2.37. The van der Waals surface area contributed by atoms with Crippen LogP contribution in [0.4, 0.5) is 11.4 Å². The molecule has 0 spiro atoms. The van der Waals surface area contributed by atoms with Crippen molar-refractivity contribution < 1.29 is 0 Å². The number of hydrogen-bond acceptors (Lipinski definition) is 1. The second-order valence-corrected chi connectivity index (χ2v) is 16.1. The Hall–Kier alpha value is -7.16.